The minimum atomic E-state index is -0.670. The van der Waals surface area contributed by atoms with Gasteiger partial charge in [0.05, 0.1) is 18.2 Å². The summed E-state index contributed by atoms with van der Waals surface area (Å²) >= 11 is 2.21. The van der Waals surface area contributed by atoms with Crippen molar-refractivity contribution in [1.29, 1.82) is 0 Å². The van der Waals surface area contributed by atoms with Crippen molar-refractivity contribution >= 4 is 40.0 Å². The molecule has 6 nitrogen and oxygen atoms in total. The number of Topliss-reactive ketones (excluding diaryl/α,β-unsaturated/α-hetero) is 1. The fourth-order valence-corrected chi connectivity index (χ4v) is 3.82. The second kappa shape index (κ2) is 9.61. The number of likely N-dealkylation sites (tertiary alicyclic amines) is 1. The fourth-order valence-electron chi connectivity index (χ4n) is 3.47. The molecule has 2 aromatic carbocycles. The van der Waals surface area contributed by atoms with Gasteiger partial charge in [-0.3, -0.25) is 9.59 Å². The van der Waals surface area contributed by atoms with E-state index < -0.39 is 17.7 Å². The number of ketones is 1. The van der Waals surface area contributed by atoms with Gasteiger partial charge in [-0.05, 0) is 73.4 Å². The molecule has 1 N–H and O–H groups in total. The molecule has 0 aromatic heterocycles. The first-order chi connectivity index (χ1) is 14.3. The molecule has 0 bridgehead atoms. The molecule has 0 spiro atoms. The van der Waals surface area contributed by atoms with E-state index in [1.54, 1.807) is 29.2 Å². The lowest BCUT2D eigenvalue weighted by Crippen LogP contribution is -2.35. The van der Waals surface area contributed by atoms with Crippen molar-refractivity contribution in [3.05, 3.63) is 68.8 Å². The van der Waals surface area contributed by atoms with Crippen LogP contribution in [-0.2, 0) is 9.59 Å². The van der Waals surface area contributed by atoms with Crippen LogP contribution in [0, 0.1) is 3.57 Å². The lowest BCUT2D eigenvalue weighted by Gasteiger charge is -2.26. The van der Waals surface area contributed by atoms with E-state index in [2.05, 4.69) is 22.6 Å². The van der Waals surface area contributed by atoms with Gasteiger partial charge < -0.3 is 19.6 Å². The van der Waals surface area contributed by atoms with E-state index in [1.807, 2.05) is 50.2 Å². The molecule has 1 saturated heterocycles. The van der Waals surface area contributed by atoms with E-state index in [4.69, 9.17) is 4.74 Å². The van der Waals surface area contributed by atoms with Gasteiger partial charge in [0.1, 0.15) is 11.5 Å². The molecule has 30 heavy (non-hydrogen) atoms. The van der Waals surface area contributed by atoms with Gasteiger partial charge in [-0.1, -0.05) is 24.3 Å². The highest BCUT2D eigenvalue weighted by Gasteiger charge is 2.45. The van der Waals surface area contributed by atoms with Crippen molar-refractivity contribution in [3.63, 3.8) is 0 Å². The van der Waals surface area contributed by atoms with Crippen LogP contribution in [0.1, 0.15) is 24.1 Å². The quantitative estimate of drug-likeness (QED) is 0.261. The number of likely N-dealkylation sites (N-methyl/N-ethyl adjacent to an activating group) is 1. The first kappa shape index (κ1) is 22.3. The molecule has 1 aliphatic rings. The van der Waals surface area contributed by atoms with Gasteiger partial charge in [0, 0.05) is 22.2 Å². The average molecular weight is 520 g/mol. The lowest BCUT2D eigenvalue weighted by atomic mass is 9.95. The highest BCUT2D eigenvalue weighted by Crippen LogP contribution is 2.39. The van der Waals surface area contributed by atoms with Crippen molar-refractivity contribution in [2.24, 2.45) is 0 Å². The van der Waals surface area contributed by atoms with E-state index in [1.165, 1.54) is 0 Å². The normalized spacial score (nSPS) is 18.3. The summed E-state index contributed by atoms with van der Waals surface area (Å²) < 4.78 is 6.56. The minimum Gasteiger partial charge on any atom is -0.507 e. The maximum atomic E-state index is 13.0. The first-order valence-corrected chi connectivity index (χ1v) is 10.8. The maximum absolute atomic E-state index is 13.0. The number of aliphatic hydroxyl groups is 1. The number of benzene rings is 2. The molecule has 1 unspecified atom stereocenters. The van der Waals surface area contributed by atoms with Crippen LogP contribution in [0.25, 0.3) is 5.76 Å². The molecule has 1 atom stereocenters. The van der Waals surface area contributed by atoms with Crippen LogP contribution in [0.5, 0.6) is 5.75 Å². The summed E-state index contributed by atoms with van der Waals surface area (Å²) in [5.74, 6) is -0.862. The van der Waals surface area contributed by atoms with E-state index in [-0.39, 0.29) is 11.3 Å². The standard InChI is InChI=1S/C23H25IN2O4/c1-4-30-18-7-5-6-16(14-18)21(27)19-20(15-8-10-17(24)11-9-15)26(13-12-25(2)3)23(29)22(19)28/h5-11,14,20,27H,4,12-13H2,1-3H3/b21-19+. The Morgan fingerprint density at radius 2 is 1.87 bits per heavy atom. The molecule has 1 heterocycles. The zero-order valence-corrected chi connectivity index (χ0v) is 19.4. The van der Waals surface area contributed by atoms with Crippen LogP contribution in [0.15, 0.2) is 54.1 Å². The van der Waals surface area contributed by atoms with Crippen LogP contribution in [0.4, 0.5) is 0 Å². The monoisotopic (exact) mass is 520 g/mol. The van der Waals surface area contributed by atoms with Crippen LogP contribution in [-0.4, -0.2) is 60.4 Å². The van der Waals surface area contributed by atoms with Crippen LogP contribution in [0.2, 0.25) is 0 Å². The molecule has 3 rings (SSSR count). The van der Waals surface area contributed by atoms with Crippen molar-refractivity contribution in [1.82, 2.24) is 9.80 Å². The van der Waals surface area contributed by atoms with Gasteiger partial charge in [-0.2, -0.15) is 0 Å². The number of hydrogen-bond acceptors (Lipinski definition) is 5. The van der Waals surface area contributed by atoms with Crippen LogP contribution < -0.4 is 4.74 Å². The predicted octanol–water partition coefficient (Wildman–Crippen LogP) is 3.67. The molecule has 1 amide bonds. The Labute approximate surface area is 190 Å². The van der Waals surface area contributed by atoms with E-state index in [9.17, 15) is 14.7 Å². The summed E-state index contributed by atoms with van der Waals surface area (Å²) in [7, 11) is 3.82. The first-order valence-electron chi connectivity index (χ1n) is 9.75. The Hall–Kier alpha value is -2.39. The van der Waals surface area contributed by atoms with Crippen molar-refractivity contribution in [2.75, 3.05) is 33.8 Å². The Morgan fingerprint density at radius 1 is 1.17 bits per heavy atom. The fraction of sp³-hybridized carbons (Fsp3) is 0.304. The Kier molecular flexibility index (Phi) is 7.14. The SMILES string of the molecule is CCOc1cccc(/C(O)=C2\C(=O)C(=O)N(CCN(C)C)C2c2ccc(I)cc2)c1. The molecule has 158 valence electrons. The topological polar surface area (TPSA) is 70.1 Å². The number of carbonyl (C=O) groups excluding carboxylic acids is 2. The second-order valence-corrected chi connectivity index (χ2v) is 8.55. The van der Waals surface area contributed by atoms with Gasteiger partial charge in [-0.25, -0.2) is 0 Å². The smallest absolute Gasteiger partial charge is 0.295 e. The zero-order valence-electron chi connectivity index (χ0n) is 17.3. The number of halogens is 1. The van der Waals surface area contributed by atoms with Gasteiger partial charge in [0.15, 0.2) is 0 Å². The van der Waals surface area contributed by atoms with Gasteiger partial charge in [-0.15, -0.1) is 0 Å². The maximum Gasteiger partial charge on any atom is 0.295 e. The third-order valence-corrected chi connectivity index (χ3v) is 5.65. The molecule has 2 aromatic rings. The number of amides is 1. The Morgan fingerprint density at radius 3 is 2.50 bits per heavy atom. The van der Waals surface area contributed by atoms with E-state index in [0.29, 0.717) is 31.0 Å². The van der Waals surface area contributed by atoms with E-state index >= 15 is 0 Å². The number of ether oxygens (including phenoxy) is 1. The summed E-state index contributed by atoms with van der Waals surface area (Å²) in [6.45, 7) is 3.35. The average Bonchev–Trinajstić information content (AvgIpc) is 2.97. The third kappa shape index (κ3) is 4.67. The largest absolute Gasteiger partial charge is 0.507 e. The van der Waals surface area contributed by atoms with Crippen molar-refractivity contribution in [2.45, 2.75) is 13.0 Å². The molecular formula is C23H25IN2O4. The van der Waals surface area contributed by atoms with Crippen molar-refractivity contribution < 1.29 is 19.4 Å². The Bertz CT molecular complexity index is 969. The van der Waals surface area contributed by atoms with Crippen LogP contribution >= 0.6 is 22.6 Å². The third-order valence-electron chi connectivity index (χ3n) is 4.93. The highest BCUT2D eigenvalue weighted by atomic mass is 127. The molecule has 7 heteroatoms. The van der Waals surface area contributed by atoms with Gasteiger partial charge in [0.2, 0.25) is 0 Å². The molecular weight excluding hydrogens is 495 g/mol. The molecule has 0 radical (unpaired) electrons. The van der Waals surface area contributed by atoms with Crippen molar-refractivity contribution in [3.8, 4) is 5.75 Å². The molecule has 0 aliphatic carbocycles. The summed E-state index contributed by atoms with van der Waals surface area (Å²) in [4.78, 5) is 29.3. The van der Waals surface area contributed by atoms with E-state index in [0.717, 1.165) is 9.13 Å². The highest BCUT2D eigenvalue weighted by molar-refractivity contribution is 14.1. The zero-order chi connectivity index (χ0) is 21.8. The number of hydrogen-bond donors (Lipinski definition) is 1. The second-order valence-electron chi connectivity index (χ2n) is 7.31. The summed E-state index contributed by atoms with van der Waals surface area (Å²) in [6.07, 6.45) is 0. The number of carbonyl (C=O) groups is 2. The summed E-state index contributed by atoms with van der Waals surface area (Å²) in [6, 6.07) is 13.9. The number of rotatable bonds is 7. The molecule has 1 fully saturated rings. The van der Waals surface area contributed by atoms with Gasteiger partial charge >= 0.3 is 0 Å². The minimum absolute atomic E-state index is 0.105. The molecule has 1 aliphatic heterocycles. The number of aliphatic hydroxyl groups excluding tert-OH is 1. The Balaban J connectivity index is 2.12. The predicted molar refractivity (Wildman–Crippen MR) is 124 cm³/mol. The van der Waals surface area contributed by atoms with Gasteiger partial charge in [0.25, 0.3) is 11.7 Å². The number of nitrogens with zero attached hydrogens (tertiary/aromatic N) is 2. The van der Waals surface area contributed by atoms with Crippen LogP contribution in [0.3, 0.4) is 0 Å². The molecule has 0 saturated carbocycles. The summed E-state index contributed by atoms with van der Waals surface area (Å²) in [5.41, 5.74) is 1.34. The summed E-state index contributed by atoms with van der Waals surface area (Å²) in [5, 5.41) is 11.1. The lowest BCUT2D eigenvalue weighted by molar-refractivity contribution is -0.140.